The molecule has 36 heavy (non-hydrogen) atoms. The molecule has 5 rings (SSSR count). The Labute approximate surface area is 207 Å². The SMILES string of the molecule is CC(=O)NS(=O)(=O)c1cncc(-c2nc(NCc3ccccc3)c3c(-c4ccccc4)ccn3n2)c1. The standard InChI is InChI=1S/C26H22N6O3S/c1-18(33)31-36(34,35)22-14-21(16-27-17-22)25-29-26(28-15-19-8-4-2-5-9-19)24-23(12-13-32(24)30-25)20-10-6-3-7-11-20/h2-14,16-17H,15H2,1H3,(H,31,33)(H,28,29,30). The molecule has 3 heterocycles. The van der Waals surface area contributed by atoms with Gasteiger partial charge in [0.15, 0.2) is 11.6 Å². The molecule has 180 valence electrons. The normalized spacial score (nSPS) is 11.4. The molecule has 0 aliphatic rings. The Morgan fingerprint density at radius 1 is 0.944 bits per heavy atom. The summed E-state index contributed by atoms with van der Waals surface area (Å²) in [6, 6.07) is 23.2. The third kappa shape index (κ3) is 4.80. The summed E-state index contributed by atoms with van der Waals surface area (Å²) in [7, 11) is -4.06. The molecule has 3 aromatic heterocycles. The van der Waals surface area contributed by atoms with E-state index in [-0.39, 0.29) is 10.7 Å². The summed E-state index contributed by atoms with van der Waals surface area (Å²) in [4.78, 5) is 20.0. The van der Waals surface area contributed by atoms with E-state index < -0.39 is 15.9 Å². The van der Waals surface area contributed by atoms with Crippen LogP contribution < -0.4 is 10.0 Å². The van der Waals surface area contributed by atoms with Gasteiger partial charge in [0.05, 0.1) is 0 Å². The number of anilines is 1. The summed E-state index contributed by atoms with van der Waals surface area (Å²) < 4.78 is 28.7. The van der Waals surface area contributed by atoms with Gasteiger partial charge in [0.2, 0.25) is 5.91 Å². The van der Waals surface area contributed by atoms with Crippen molar-refractivity contribution in [3.63, 3.8) is 0 Å². The lowest BCUT2D eigenvalue weighted by Crippen LogP contribution is -2.28. The summed E-state index contributed by atoms with van der Waals surface area (Å²) in [6.45, 7) is 1.66. The lowest BCUT2D eigenvalue weighted by atomic mass is 10.1. The van der Waals surface area contributed by atoms with Crippen LogP contribution in [0.4, 0.5) is 5.82 Å². The molecule has 0 aliphatic heterocycles. The predicted octanol–water partition coefficient (Wildman–Crippen LogP) is 3.90. The average Bonchev–Trinajstić information content (AvgIpc) is 3.32. The molecule has 0 fully saturated rings. The van der Waals surface area contributed by atoms with Crippen LogP contribution in [0.1, 0.15) is 12.5 Å². The summed E-state index contributed by atoms with van der Waals surface area (Å²) in [5.74, 6) is 0.176. The molecule has 10 heteroatoms. The van der Waals surface area contributed by atoms with Crippen molar-refractivity contribution in [1.82, 2.24) is 24.3 Å². The van der Waals surface area contributed by atoms with E-state index in [2.05, 4.69) is 15.4 Å². The van der Waals surface area contributed by atoms with Gasteiger partial charge in [-0.3, -0.25) is 9.78 Å². The van der Waals surface area contributed by atoms with Crippen LogP contribution in [0.5, 0.6) is 0 Å². The third-order valence-corrected chi connectivity index (χ3v) is 6.86. The molecule has 2 aromatic carbocycles. The zero-order valence-corrected chi connectivity index (χ0v) is 20.1. The smallest absolute Gasteiger partial charge is 0.265 e. The van der Waals surface area contributed by atoms with Crippen LogP contribution in [-0.2, 0) is 21.4 Å². The summed E-state index contributed by atoms with van der Waals surface area (Å²) in [5, 5.41) is 8.05. The number of nitrogens with one attached hydrogen (secondary N) is 2. The second-order valence-corrected chi connectivity index (χ2v) is 9.77. The Morgan fingerprint density at radius 3 is 2.39 bits per heavy atom. The van der Waals surface area contributed by atoms with E-state index in [4.69, 9.17) is 4.98 Å². The summed E-state index contributed by atoms with van der Waals surface area (Å²) >= 11 is 0. The Hall–Kier alpha value is -4.57. The van der Waals surface area contributed by atoms with Crippen molar-refractivity contribution in [2.24, 2.45) is 0 Å². The molecule has 0 bridgehead atoms. The van der Waals surface area contributed by atoms with Gasteiger partial charge in [-0.15, -0.1) is 5.10 Å². The van der Waals surface area contributed by atoms with Crippen molar-refractivity contribution >= 4 is 27.3 Å². The molecule has 0 radical (unpaired) electrons. The maximum absolute atomic E-state index is 12.5. The fraction of sp³-hybridized carbons (Fsp3) is 0.0769. The monoisotopic (exact) mass is 498 g/mol. The highest BCUT2D eigenvalue weighted by Gasteiger charge is 2.19. The van der Waals surface area contributed by atoms with E-state index in [9.17, 15) is 13.2 Å². The Balaban J connectivity index is 1.62. The zero-order chi connectivity index (χ0) is 25.1. The maximum atomic E-state index is 12.5. The fourth-order valence-electron chi connectivity index (χ4n) is 3.84. The molecule has 0 aliphatic carbocycles. The number of amides is 1. The van der Waals surface area contributed by atoms with Crippen molar-refractivity contribution in [1.29, 1.82) is 0 Å². The quantitative estimate of drug-likeness (QED) is 0.349. The first-order valence-electron chi connectivity index (χ1n) is 11.1. The Morgan fingerprint density at radius 2 is 1.67 bits per heavy atom. The molecular weight excluding hydrogens is 476 g/mol. The summed E-state index contributed by atoms with van der Waals surface area (Å²) in [5.41, 5.74) is 4.23. The third-order valence-electron chi connectivity index (χ3n) is 5.46. The van der Waals surface area contributed by atoms with Crippen LogP contribution in [0.3, 0.4) is 0 Å². The van der Waals surface area contributed by atoms with Gasteiger partial charge in [-0.05, 0) is 23.3 Å². The second kappa shape index (κ2) is 9.59. The average molecular weight is 499 g/mol. The van der Waals surface area contributed by atoms with Crippen LogP contribution >= 0.6 is 0 Å². The van der Waals surface area contributed by atoms with Crippen molar-refractivity contribution in [3.8, 4) is 22.5 Å². The molecule has 9 nitrogen and oxygen atoms in total. The van der Waals surface area contributed by atoms with E-state index in [1.54, 1.807) is 4.52 Å². The highest BCUT2D eigenvalue weighted by molar-refractivity contribution is 7.90. The number of carbonyl (C=O) groups is 1. The lowest BCUT2D eigenvalue weighted by Gasteiger charge is -2.12. The van der Waals surface area contributed by atoms with Gasteiger partial charge in [0, 0.05) is 43.2 Å². The number of fused-ring (bicyclic) bond motifs is 1. The molecule has 0 saturated carbocycles. The van der Waals surface area contributed by atoms with E-state index in [0.717, 1.165) is 29.1 Å². The molecule has 5 aromatic rings. The van der Waals surface area contributed by atoms with Crippen molar-refractivity contribution < 1.29 is 13.2 Å². The van der Waals surface area contributed by atoms with E-state index >= 15 is 0 Å². The molecule has 0 saturated heterocycles. The highest BCUT2D eigenvalue weighted by Crippen LogP contribution is 2.31. The first-order chi connectivity index (χ1) is 17.4. The molecule has 1 amide bonds. The largest absolute Gasteiger partial charge is 0.364 e. The number of nitrogens with zero attached hydrogens (tertiary/aromatic N) is 4. The Kier molecular flexibility index (Phi) is 6.17. The molecule has 2 N–H and O–H groups in total. The summed E-state index contributed by atoms with van der Waals surface area (Å²) in [6.07, 6.45) is 4.49. The second-order valence-electron chi connectivity index (χ2n) is 8.08. The lowest BCUT2D eigenvalue weighted by molar-refractivity contribution is -0.117. The number of sulfonamides is 1. The first kappa shape index (κ1) is 23.2. The van der Waals surface area contributed by atoms with Gasteiger partial charge in [-0.25, -0.2) is 22.6 Å². The van der Waals surface area contributed by atoms with Gasteiger partial charge < -0.3 is 5.32 Å². The van der Waals surface area contributed by atoms with Crippen LogP contribution in [-0.4, -0.2) is 33.9 Å². The number of pyridine rings is 1. The van der Waals surface area contributed by atoms with Crippen molar-refractivity contribution in [2.75, 3.05) is 5.32 Å². The topological polar surface area (TPSA) is 118 Å². The number of hydrogen-bond donors (Lipinski definition) is 2. The highest BCUT2D eigenvalue weighted by atomic mass is 32.2. The minimum Gasteiger partial charge on any atom is -0.364 e. The van der Waals surface area contributed by atoms with E-state index in [0.29, 0.717) is 17.9 Å². The number of hydrogen-bond acceptors (Lipinski definition) is 7. The van der Waals surface area contributed by atoms with Gasteiger partial charge >= 0.3 is 0 Å². The molecule has 0 atom stereocenters. The van der Waals surface area contributed by atoms with Crippen LogP contribution in [0.25, 0.3) is 28.0 Å². The minimum absolute atomic E-state index is 0.157. The predicted molar refractivity (Wildman–Crippen MR) is 136 cm³/mol. The minimum atomic E-state index is -4.06. The van der Waals surface area contributed by atoms with E-state index in [1.807, 2.05) is 77.6 Å². The van der Waals surface area contributed by atoms with Gasteiger partial charge in [0.25, 0.3) is 10.0 Å². The van der Waals surface area contributed by atoms with Crippen LogP contribution in [0.2, 0.25) is 0 Å². The van der Waals surface area contributed by atoms with Gasteiger partial charge in [-0.2, -0.15) is 0 Å². The van der Waals surface area contributed by atoms with Crippen molar-refractivity contribution in [3.05, 3.63) is 97.0 Å². The zero-order valence-electron chi connectivity index (χ0n) is 19.3. The van der Waals surface area contributed by atoms with Crippen LogP contribution in [0.15, 0.2) is 96.3 Å². The molecule has 0 unspecified atom stereocenters. The first-order valence-corrected chi connectivity index (χ1v) is 12.6. The number of carbonyl (C=O) groups excluding carboxylic acids is 1. The maximum Gasteiger partial charge on any atom is 0.265 e. The number of aromatic nitrogens is 4. The molecule has 0 spiro atoms. The van der Waals surface area contributed by atoms with Crippen LogP contribution in [0, 0.1) is 0 Å². The van der Waals surface area contributed by atoms with Gasteiger partial charge in [0.1, 0.15) is 10.4 Å². The van der Waals surface area contributed by atoms with Gasteiger partial charge in [-0.1, -0.05) is 60.7 Å². The number of benzene rings is 2. The Bertz CT molecular complexity index is 1650. The van der Waals surface area contributed by atoms with Crippen molar-refractivity contribution in [2.45, 2.75) is 18.4 Å². The molecular formula is C26H22N6O3S. The number of rotatable bonds is 7. The van der Waals surface area contributed by atoms with E-state index in [1.165, 1.54) is 18.5 Å². The fourth-order valence-corrected chi connectivity index (χ4v) is 4.82.